The summed E-state index contributed by atoms with van der Waals surface area (Å²) >= 11 is 0. The highest BCUT2D eigenvalue weighted by atomic mass is 19.4. The number of halogens is 3. The Morgan fingerprint density at radius 3 is 2.47 bits per heavy atom. The Bertz CT molecular complexity index is 1030. The number of rotatable bonds is 2. The Morgan fingerprint density at radius 2 is 1.79 bits per heavy atom. The van der Waals surface area contributed by atoms with E-state index in [2.05, 4.69) is 25.2 Å². The molecule has 3 fully saturated rings. The van der Waals surface area contributed by atoms with Crippen molar-refractivity contribution in [2.45, 2.75) is 65.0 Å². The molecule has 7 heteroatoms. The second kappa shape index (κ2) is 7.85. The SMILES string of the molecule is CN1C(=O)C(C(=O)Nc2ccc(C(F)(F)F)cc2)C[C@@]2(C)C1=CC[C@@H]1[C@H]2CC[C@]2(C)CCC[C@@H]12. The molecule has 1 aliphatic heterocycles. The van der Waals surface area contributed by atoms with Gasteiger partial charge in [0.2, 0.25) is 11.8 Å². The quantitative estimate of drug-likeness (QED) is 0.515. The van der Waals surface area contributed by atoms with Gasteiger partial charge in [0.15, 0.2) is 0 Å². The number of nitrogens with one attached hydrogen (secondary N) is 1. The van der Waals surface area contributed by atoms with Crippen LogP contribution < -0.4 is 5.32 Å². The van der Waals surface area contributed by atoms with E-state index in [1.165, 1.54) is 37.8 Å². The maximum atomic E-state index is 13.2. The number of likely N-dealkylation sites (tertiary alicyclic amines) is 1. The number of piperidine rings is 1. The molecule has 1 aromatic rings. The number of amides is 2. The summed E-state index contributed by atoms with van der Waals surface area (Å²) < 4.78 is 38.6. The van der Waals surface area contributed by atoms with Crippen LogP contribution >= 0.6 is 0 Å². The van der Waals surface area contributed by atoms with Crippen LogP contribution in [-0.4, -0.2) is 23.8 Å². The smallest absolute Gasteiger partial charge is 0.325 e. The fraction of sp³-hybridized carbons (Fsp3) is 0.630. The largest absolute Gasteiger partial charge is 0.416 e. The lowest BCUT2D eigenvalue weighted by Crippen LogP contribution is -2.57. The number of fused-ring (bicyclic) bond motifs is 5. The number of carbonyl (C=O) groups is 2. The number of nitrogens with zero attached hydrogens (tertiary/aromatic N) is 1. The number of hydrogen-bond acceptors (Lipinski definition) is 2. The number of hydrogen-bond donors (Lipinski definition) is 1. The van der Waals surface area contributed by atoms with Gasteiger partial charge in [-0.3, -0.25) is 9.59 Å². The first-order valence-corrected chi connectivity index (χ1v) is 12.4. The predicted octanol–water partition coefficient (Wildman–Crippen LogP) is 6.25. The lowest BCUT2D eigenvalue weighted by atomic mass is 9.49. The van der Waals surface area contributed by atoms with Crippen LogP contribution in [-0.2, 0) is 15.8 Å². The first-order valence-electron chi connectivity index (χ1n) is 12.4. The minimum Gasteiger partial charge on any atom is -0.325 e. The molecule has 1 heterocycles. The summed E-state index contributed by atoms with van der Waals surface area (Å²) in [4.78, 5) is 28.1. The summed E-state index contributed by atoms with van der Waals surface area (Å²) in [5.74, 6) is 0.165. The fourth-order valence-electron chi connectivity index (χ4n) is 7.89. The van der Waals surface area contributed by atoms with E-state index in [4.69, 9.17) is 0 Å². The summed E-state index contributed by atoms with van der Waals surface area (Å²) in [5.41, 5.74) is 0.682. The second-order valence-corrected chi connectivity index (χ2v) is 11.4. The van der Waals surface area contributed by atoms with Crippen molar-refractivity contribution in [1.29, 1.82) is 0 Å². The van der Waals surface area contributed by atoms with Gasteiger partial charge in [-0.05, 0) is 86.0 Å². The molecule has 0 radical (unpaired) electrons. The zero-order valence-corrected chi connectivity index (χ0v) is 20.0. The van der Waals surface area contributed by atoms with E-state index in [0.29, 0.717) is 29.6 Å². The minimum atomic E-state index is -4.44. The average molecular weight is 475 g/mol. The average Bonchev–Trinajstić information content (AvgIpc) is 3.18. The van der Waals surface area contributed by atoms with Crippen LogP contribution in [0.15, 0.2) is 36.0 Å². The number of carbonyl (C=O) groups excluding carboxylic acids is 2. The van der Waals surface area contributed by atoms with Crippen molar-refractivity contribution >= 4 is 17.5 Å². The molecule has 6 atom stereocenters. The molecule has 1 unspecified atom stereocenters. The van der Waals surface area contributed by atoms with Crippen LogP contribution in [0.4, 0.5) is 18.9 Å². The van der Waals surface area contributed by atoms with E-state index < -0.39 is 23.6 Å². The molecule has 0 bridgehead atoms. The highest BCUT2D eigenvalue weighted by Gasteiger charge is 2.59. The Kier molecular flexibility index (Phi) is 5.41. The van der Waals surface area contributed by atoms with Crippen molar-refractivity contribution in [1.82, 2.24) is 4.90 Å². The maximum Gasteiger partial charge on any atom is 0.416 e. The third-order valence-corrected chi connectivity index (χ3v) is 9.62. The maximum absolute atomic E-state index is 13.2. The molecular weight excluding hydrogens is 441 g/mol. The second-order valence-electron chi connectivity index (χ2n) is 11.4. The molecule has 4 aliphatic rings. The molecule has 1 N–H and O–H groups in total. The first kappa shape index (κ1) is 23.4. The topological polar surface area (TPSA) is 49.4 Å². The highest BCUT2D eigenvalue weighted by molar-refractivity contribution is 6.07. The van der Waals surface area contributed by atoms with E-state index in [0.717, 1.165) is 30.7 Å². The molecule has 34 heavy (non-hydrogen) atoms. The van der Waals surface area contributed by atoms with Crippen LogP contribution in [0.1, 0.15) is 64.4 Å². The first-order chi connectivity index (χ1) is 15.9. The lowest BCUT2D eigenvalue weighted by molar-refractivity contribution is -0.147. The molecule has 184 valence electrons. The van der Waals surface area contributed by atoms with Crippen molar-refractivity contribution in [3.05, 3.63) is 41.6 Å². The van der Waals surface area contributed by atoms with Gasteiger partial charge >= 0.3 is 6.18 Å². The minimum absolute atomic E-state index is 0.242. The Balaban J connectivity index is 1.39. The van der Waals surface area contributed by atoms with E-state index in [9.17, 15) is 22.8 Å². The fourth-order valence-corrected chi connectivity index (χ4v) is 7.89. The van der Waals surface area contributed by atoms with Gasteiger partial charge in [0, 0.05) is 23.8 Å². The van der Waals surface area contributed by atoms with E-state index in [1.54, 1.807) is 11.9 Å². The van der Waals surface area contributed by atoms with Gasteiger partial charge in [-0.1, -0.05) is 26.3 Å². The number of anilines is 1. The lowest BCUT2D eigenvalue weighted by Gasteiger charge is -2.58. The van der Waals surface area contributed by atoms with Gasteiger partial charge in [-0.2, -0.15) is 13.2 Å². The van der Waals surface area contributed by atoms with Crippen molar-refractivity contribution in [2.75, 3.05) is 12.4 Å². The van der Waals surface area contributed by atoms with Gasteiger partial charge < -0.3 is 10.2 Å². The van der Waals surface area contributed by atoms with E-state index in [1.807, 2.05) is 0 Å². The molecule has 2 amide bonds. The van der Waals surface area contributed by atoms with Crippen LogP contribution in [0.25, 0.3) is 0 Å². The normalized spacial score (nSPS) is 37.4. The van der Waals surface area contributed by atoms with Gasteiger partial charge in [0.25, 0.3) is 0 Å². The van der Waals surface area contributed by atoms with Crippen molar-refractivity contribution in [3.63, 3.8) is 0 Å². The Morgan fingerprint density at radius 1 is 1.09 bits per heavy atom. The number of alkyl halides is 3. The van der Waals surface area contributed by atoms with Gasteiger partial charge in [0.1, 0.15) is 5.92 Å². The van der Waals surface area contributed by atoms with E-state index in [-0.39, 0.29) is 17.0 Å². The van der Waals surface area contributed by atoms with Crippen LogP contribution in [0.2, 0.25) is 0 Å². The monoisotopic (exact) mass is 474 g/mol. The van der Waals surface area contributed by atoms with Gasteiger partial charge in [0.05, 0.1) is 5.56 Å². The zero-order valence-electron chi connectivity index (χ0n) is 20.0. The Hall–Kier alpha value is -2.31. The molecule has 5 rings (SSSR count). The Labute approximate surface area is 199 Å². The van der Waals surface area contributed by atoms with Crippen LogP contribution in [0.5, 0.6) is 0 Å². The van der Waals surface area contributed by atoms with Crippen LogP contribution in [0.3, 0.4) is 0 Å². The zero-order chi connectivity index (χ0) is 24.5. The van der Waals surface area contributed by atoms with Crippen molar-refractivity contribution in [3.8, 4) is 0 Å². The molecule has 3 aliphatic carbocycles. The summed E-state index contributed by atoms with van der Waals surface area (Å²) in [6, 6.07) is 4.37. The van der Waals surface area contributed by atoms with Crippen molar-refractivity contribution in [2.24, 2.45) is 34.5 Å². The summed E-state index contributed by atoms with van der Waals surface area (Å²) in [6.45, 7) is 4.66. The summed E-state index contributed by atoms with van der Waals surface area (Å²) in [7, 11) is 1.76. The summed E-state index contributed by atoms with van der Waals surface area (Å²) in [6.07, 6.45) is 5.40. The highest BCUT2D eigenvalue weighted by Crippen LogP contribution is 2.64. The number of allylic oxidation sites excluding steroid dienone is 2. The van der Waals surface area contributed by atoms with Crippen LogP contribution in [0, 0.1) is 34.5 Å². The molecule has 1 aromatic carbocycles. The standard InChI is InChI=1S/C27H33F3N2O2/c1-25-13-4-5-20(25)18-10-11-22-26(2,21(18)12-14-25)15-19(24(34)32(22)3)23(33)31-17-8-6-16(7-9-17)27(28,29)30/h6-9,11,18-21H,4-5,10,12-15H2,1-3H3,(H,31,33)/t18-,19?,20-,21+,25-,26+/m0/s1. The molecule has 2 saturated carbocycles. The summed E-state index contributed by atoms with van der Waals surface area (Å²) in [5, 5.41) is 2.70. The molecule has 0 spiro atoms. The van der Waals surface area contributed by atoms with Gasteiger partial charge in [-0.25, -0.2) is 0 Å². The third kappa shape index (κ3) is 3.57. The molecular formula is C27H33F3N2O2. The van der Waals surface area contributed by atoms with Gasteiger partial charge in [-0.15, -0.1) is 0 Å². The molecule has 4 nitrogen and oxygen atoms in total. The molecule has 1 saturated heterocycles. The number of benzene rings is 1. The van der Waals surface area contributed by atoms with Crippen molar-refractivity contribution < 1.29 is 22.8 Å². The van der Waals surface area contributed by atoms with E-state index >= 15 is 0 Å². The molecule has 0 aromatic heterocycles. The third-order valence-electron chi connectivity index (χ3n) is 9.62. The predicted molar refractivity (Wildman–Crippen MR) is 123 cm³/mol.